The van der Waals surface area contributed by atoms with Gasteiger partial charge in [0.15, 0.2) is 17.4 Å². The first-order valence-electron chi connectivity index (χ1n) is 1.86. The second-order valence-electron chi connectivity index (χ2n) is 1.19. The summed E-state index contributed by atoms with van der Waals surface area (Å²) in [5, 5.41) is 13.9. The fourth-order valence-corrected chi connectivity index (χ4v) is 0. The average molecular weight is 192 g/mol. The topological polar surface area (TPSA) is 74.6 Å². The molecule has 2 N–H and O–H groups in total. The Kier molecular flexibility index (Phi) is 36.7. The Morgan fingerprint density at radius 3 is 1.10 bits per heavy atom. The monoisotopic (exact) mass is 192 g/mol. The van der Waals surface area contributed by atoms with E-state index in [0.29, 0.717) is 0 Å². The van der Waals surface area contributed by atoms with Gasteiger partial charge in [-0.05, 0) is 13.8 Å². The molecule has 0 aromatic carbocycles. The van der Waals surface area contributed by atoms with E-state index < -0.39 is 6.16 Å². The molecule has 0 aromatic heterocycles. The van der Waals surface area contributed by atoms with Crippen molar-refractivity contribution in [3.05, 3.63) is 0 Å². The molecule has 0 bridgehead atoms. The van der Waals surface area contributed by atoms with Crippen molar-refractivity contribution in [1.29, 1.82) is 0 Å². The first-order chi connectivity index (χ1) is 3.46. The van der Waals surface area contributed by atoms with Gasteiger partial charge in [0.05, 0.1) is 0 Å². The molecule has 0 aliphatic rings. The number of hydrogen-bond donors (Lipinski definition) is 2. The molecule has 0 aliphatic carbocycles. The number of carboxylic acid groups (broad SMARTS) is 2. The van der Waals surface area contributed by atoms with Gasteiger partial charge in [0.1, 0.15) is 5.78 Å². The van der Waals surface area contributed by atoms with Gasteiger partial charge in [-0.1, -0.05) is 0 Å². The van der Waals surface area contributed by atoms with Gasteiger partial charge in [0.2, 0.25) is 0 Å². The molecule has 0 atom stereocenters. The number of rotatable bonds is 0. The van der Waals surface area contributed by atoms with Crippen molar-refractivity contribution in [3.63, 3.8) is 0 Å². The molecular formula is C4H13AlCaO4. The van der Waals surface area contributed by atoms with Crippen LogP contribution in [0.4, 0.5) is 4.79 Å². The number of carbonyl (C=O) groups excluding carboxylic acids is 1. The van der Waals surface area contributed by atoms with E-state index in [0.717, 1.165) is 0 Å². The number of carbonyl (C=O) groups is 2. The number of Topliss-reactive ketones (excluding diaryl/α,β-unsaturated/α-hetero) is 1. The zero-order valence-electron chi connectivity index (χ0n) is 4.71. The third kappa shape index (κ3) is 974. The SMILES string of the molecule is CC(C)=O.O=C(O)O.[AlH3].[CaH2]. The fraction of sp³-hybridized carbons (Fsp3) is 0.500. The molecule has 0 fully saturated rings. The summed E-state index contributed by atoms with van der Waals surface area (Å²) >= 11 is 0. The zero-order valence-corrected chi connectivity index (χ0v) is 4.71. The zero-order chi connectivity index (χ0) is 7.15. The van der Waals surface area contributed by atoms with Crippen molar-refractivity contribution in [1.82, 2.24) is 0 Å². The van der Waals surface area contributed by atoms with Crippen molar-refractivity contribution < 1.29 is 19.8 Å². The summed E-state index contributed by atoms with van der Waals surface area (Å²) < 4.78 is 0. The van der Waals surface area contributed by atoms with Gasteiger partial charge in [-0.15, -0.1) is 0 Å². The molecule has 0 heterocycles. The maximum absolute atomic E-state index is 9.44. The van der Waals surface area contributed by atoms with Crippen molar-refractivity contribution in [2.45, 2.75) is 13.8 Å². The quantitative estimate of drug-likeness (QED) is 0.469. The summed E-state index contributed by atoms with van der Waals surface area (Å²) in [5.41, 5.74) is 0. The molecule has 0 amide bonds. The third-order valence-corrected chi connectivity index (χ3v) is 0. The Labute approximate surface area is 99.7 Å². The molecule has 58 valence electrons. The van der Waals surface area contributed by atoms with E-state index in [1.807, 2.05) is 0 Å². The molecule has 0 saturated heterocycles. The Morgan fingerprint density at radius 2 is 1.10 bits per heavy atom. The number of hydrogen-bond acceptors (Lipinski definition) is 2. The van der Waals surface area contributed by atoms with Crippen LogP contribution < -0.4 is 0 Å². The molecule has 0 spiro atoms. The van der Waals surface area contributed by atoms with Crippen LogP contribution in [0.25, 0.3) is 0 Å². The van der Waals surface area contributed by atoms with Crippen molar-refractivity contribution >= 4 is 67.0 Å². The van der Waals surface area contributed by atoms with Crippen LogP contribution in [-0.2, 0) is 4.79 Å². The van der Waals surface area contributed by atoms with E-state index in [1.54, 1.807) is 0 Å². The van der Waals surface area contributed by atoms with E-state index in [-0.39, 0.29) is 60.9 Å². The molecule has 0 aliphatic heterocycles. The van der Waals surface area contributed by atoms with E-state index in [1.165, 1.54) is 13.8 Å². The third-order valence-electron chi connectivity index (χ3n) is 0. The second-order valence-corrected chi connectivity index (χ2v) is 1.19. The molecule has 0 unspecified atom stereocenters. The number of ketones is 1. The molecule has 4 nitrogen and oxygen atoms in total. The molecule has 0 radical (unpaired) electrons. The standard InChI is InChI=1S/C3H6O.CH2O3.Al.Ca.5H/c1-3(2)4;2-1(3)4;;;;;;;/h1-2H3;(H2,2,3,4);;;;;;;. The van der Waals surface area contributed by atoms with Crippen LogP contribution >= 0.6 is 0 Å². The van der Waals surface area contributed by atoms with Crippen LogP contribution in [0.15, 0.2) is 0 Å². The fourth-order valence-electron chi connectivity index (χ4n) is 0. The van der Waals surface area contributed by atoms with Gasteiger partial charge in [-0.3, -0.25) is 0 Å². The van der Waals surface area contributed by atoms with Crippen molar-refractivity contribution in [3.8, 4) is 0 Å². The Balaban J connectivity index is -0.0000000300. The molecule has 0 rings (SSSR count). The summed E-state index contributed by atoms with van der Waals surface area (Å²) in [6.07, 6.45) is -1.83. The van der Waals surface area contributed by atoms with Gasteiger partial charge in [-0.25, -0.2) is 4.79 Å². The van der Waals surface area contributed by atoms with Gasteiger partial charge >= 0.3 is 43.9 Å². The first kappa shape index (κ1) is 22.4. The van der Waals surface area contributed by atoms with Gasteiger partial charge in [-0.2, -0.15) is 0 Å². The van der Waals surface area contributed by atoms with Gasteiger partial charge in [0, 0.05) is 0 Å². The minimum absolute atomic E-state index is 0. The van der Waals surface area contributed by atoms with Gasteiger partial charge < -0.3 is 15.0 Å². The summed E-state index contributed by atoms with van der Waals surface area (Å²) in [5.74, 6) is 0.167. The molecule has 0 aromatic rings. The molecule has 0 saturated carbocycles. The predicted octanol–water partition coefficient (Wildman–Crippen LogP) is -1.28. The molecule has 10 heavy (non-hydrogen) atoms. The predicted molar refractivity (Wildman–Crippen MR) is 45.5 cm³/mol. The van der Waals surface area contributed by atoms with Crippen LogP contribution in [0, 0.1) is 0 Å². The Bertz CT molecular complexity index is 75.3. The van der Waals surface area contributed by atoms with Crippen LogP contribution in [0.3, 0.4) is 0 Å². The van der Waals surface area contributed by atoms with E-state index in [4.69, 9.17) is 15.0 Å². The van der Waals surface area contributed by atoms with Crippen LogP contribution in [0.5, 0.6) is 0 Å². The normalized spacial score (nSPS) is 5.00. The second kappa shape index (κ2) is 16.4. The molecular weight excluding hydrogens is 179 g/mol. The van der Waals surface area contributed by atoms with Crippen LogP contribution in [0.1, 0.15) is 13.8 Å². The van der Waals surface area contributed by atoms with Crippen molar-refractivity contribution in [2.24, 2.45) is 0 Å². The van der Waals surface area contributed by atoms with Crippen LogP contribution in [-0.4, -0.2) is 77.3 Å². The molecule has 6 heteroatoms. The van der Waals surface area contributed by atoms with Crippen molar-refractivity contribution in [2.75, 3.05) is 0 Å². The van der Waals surface area contributed by atoms with Crippen LogP contribution in [0.2, 0.25) is 0 Å². The van der Waals surface area contributed by atoms with E-state index in [2.05, 4.69) is 0 Å². The maximum atomic E-state index is 9.44. The Morgan fingerprint density at radius 1 is 1.10 bits per heavy atom. The minimum atomic E-state index is -1.83. The van der Waals surface area contributed by atoms with Gasteiger partial charge in [0.25, 0.3) is 0 Å². The average Bonchev–Trinajstić information content (AvgIpc) is 1.25. The summed E-state index contributed by atoms with van der Waals surface area (Å²) in [4.78, 5) is 18.0. The van der Waals surface area contributed by atoms with E-state index >= 15 is 0 Å². The summed E-state index contributed by atoms with van der Waals surface area (Å²) in [6, 6.07) is 0. The Hall–Kier alpha value is 0.732. The first-order valence-corrected chi connectivity index (χ1v) is 1.86. The summed E-state index contributed by atoms with van der Waals surface area (Å²) in [7, 11) is 0. The summed E-state index contributed by atoms with van der Waals surface area (Å²) in [6.45, 7) is 3.06. The van der Waals surface area contributed by atoms with E-state index in [9.17, 15) is 4.79 Å².